The normalized spacial score (nSPS) is 17.4. The molecule has 12 heteroatoms. The molecule has 2 aromatic rings. The number of nitrogens with one attached hydrogen (secondary N) is 2. The van der Waals surface area contributed by atoms with Gasteiger partial charge in [-0.25, -0.2) is 14.2 Å². The van der Waals surface area contributed by atoms with E-state index in [0.717, 1.165) is 47.7 Å². The molecule has 284 valence electrons. The Bertz CT molecular complexity index is 2090. The van der Waals surface area contributed by atoms with Crippen LogP contribution in [0.15, 0.2) is 59.0 Å². The summed E-state index contributed by atoms with van der Waals surface area (Å²) in [5, 5.41) is 17.6. The summed E-state index contributed by atoms with van der Waals surface area (Å²) in [5.41, 5.74) is 3.73. The van der Waals surface area contributed by atoms with Crippen LogP contribution in [0.5, 0.6) is 0 Å². The van der Waals surface area contributed by atoms with E-state index < -0.39 is 18.0 Å². The zero-order chi connectivity index (χ0) is 38.2. The number of carboxylic acids is 1. The number of carboxylic acid groups (broad SMARTS) is 1. The van der Waals surface area contributed by atoms with Gasteiger partial charge in [-0.1, -0.05) is 6.07 Å². The van der Waals surface area contributed by atoms with Gasteiger partial charge < -0.3 is 39.3 Å². The molecular weight excluding hydrogens is 688 g/mol. The number of alkyl carbamates (subject to hydrolysis) is 1. The van der Waals surface area contributed by atoms with E-state index in [1.54, 1.807) is 12.1 Å². The average Bonchev–Trinajstić information content (AvgIpc) is 3.80. The molecule has 12 nitrogen and oxygen atoms in total. The van der Waals surface area contributed by atoms with Gasteiger partial charge in [0.2, 0.25) is 5.36 Å². The molecule has 0 saturated heterocycles. The molecule has 1 unspecified atom stereocenters. The molecule has 3 N–H and O–H groups in total. The number of anilines is 1. The second-order valence-electron chi connectivity index (χ2n) is 14.1. The Morgan fingerprint density at radius 2 is 1.56 bits per heavy atom. The molecule has 1 heterocycles. The van der Waals surface area contributed by atoms with Gasteiger partial charge in [0.15, 0.2) is 0 Å². The van der Waals surface area contributed by atoms with Gasteiger partial charge in [-0.15, -0.1) is 11.8 Å². The van der Waals surface area contributed by atoms with Crippen molar-refractivity contribution in [1.29, 1.82) is 0 Å². The molecule has 0 spiro atoms. The molecule has 1 aliphatic heterocycles. The number of aromatic carboxylic acids is 1. The zero-order valence-electron chi connectivity index (χ0n) is 31.4. The lowest BCUT2D eigenvalue weighted by molar-refractivity contribution is 0.0486. The van der Waals surface area contributed by atoms with Crippen molar-refractivity contribution >= 4 is 34.6 Å². The number of benzene rings is 3. The van der Waals surface area contributed by atoms with Crippen LogP contribution in [0.1, 0.15) is 46.4 Å². The van der Waals surface area contributed by atoms with Gasteiger partial charge in [0.05, 0.1) is 44.7 Å². The lowest BCUT2D eigenvalue weighted by Crippen LogP contribution is -2.29. The molecule has 2 amide bonds. The molecule has 0 aromatic heterocycles. The molecule has 54 heavy (non-hydrogen) atoms. The van der Waals surface area contributed by atoms with Gasteiger partial charge >= 0.3 is 12.1 Å². The van der Waals surface area contributed by atoms with Crippen LogP contribution in [0.3, 0.4) is 0 Å². The average molecular weight is 738 g/mol. The van der Waals surface area contributed by atoms with Gasteiger partial charge in [-0.2, -0.15) is 0 Å². The van der Waals surface area contributed by atoms with Crippen molar-refractivity contribution < 1.29 is 38.1 Å². The highest BCUT2D eigenvalue weighted by atomic mass is 16.6. The smallest absolute Gasteiger partial charge is 0.407 e. The minimum absolute atomic E-state index is 0.00267. The van der Waals surface area contributed by atoms with Gasteiger partial charge in [0.1, 0.15) is 25.4 Å². The number of amides is 2. The maximum absolute atomic E-state index is 13.1. The summed E-state index contributed by atoms with van der Waals surface area (Å²) < 4.78 is 24.9. The van der Waals surface area contributed by atoms with Crippen molar-refractivity contribution in [1.82, 2.24) is 15.2 Å². The number of rotatable bonds is 15. The summed E-state index contributed by atoms with van der Waals surface area (Å²) in [5.74, 6) is 7.16. The Morgan fingerprint density at radius 1 is 0.870 bits per heavy atom. The quantitative estimate of drug-likeness (QED) is 0.0671. The van der Waals surface area contributed by atoms with Crippen LogP contribution < -0.4 is 25.5 Å². The lowest BCUT2D eigenvalue weighted by Gasteiger charge is -2.19. The monoisotopic (exact) mass is 737 g/mol. The Balaban J connectivity index is 0.978. The second-order valence-corrected chi connectivity index (χ2v) is 14.1. The molecule has 3 atom stereocenters. The van der Waals surface area contributed by atoms with Crippen LogP contribution in [0.4, 0.5) is 10.5 Å². The maximum atomic E-state index is 13.1. The molecule has 1 saturated carbocycles. The Kier molecular flexibility index (Phi) is 12.5. The molecule has 6 rings (SSSR count). The van der Waals surface area contributed by atoms with Gasteiger partial charge in [-0.05, 0) is 66.5 Å². The number of carbonyl (C=O) groups is 3. The van der Waals surface area contributed by atoms with Crippen molar-refractivity contribution in [2.45, 2.75) is 25.7 Å². The van der Waals surface area contributed by atoms with E-state index in [0.29, 0.717) is 73.2 Å². The standard InChI is InChI=1S/C42H48N4O8/c1-45(2)28-12-15-33-37(24-28)54-38-25-29(46(3)4)13-16-34(38)39(33)32-14-11-27(23-35(32)41(48)49)40(47)43-17-19-51-21-22-52-20-18-44-42(50)53-26-36-30-9-7-5-6-8-10-31(30)36/h11-16,23-25,30-31,36H,7-10,17-22,26H2,1-4H3,(H2-,43,44,47,48,49,50)/p+1/t30-,31+,36?. The molecular formula is C42H49N4O8+. The minimum Gasteiger partial charge on any atom is -0.478 e. The van der Waals surface area contributed by atoms with Crippen molar-refractivity contribution in [3.05, 3.63) is 71.1 Å². The third kappa shape index (κ3) is 9.21. The largest absolute Gasteiger partial charge is 0.478 e. The van der Waals surface area contributed by atoms with E-state index in [4.69, 9.17) is 18.6 Å². The van der Waals surface area contributed by atoms with E-state index in [9.17, 15) is 19.5 Å². The first kappa shape index (κ1) is 38.3. The number of hydrogen-bond acceptors (Lipinski definition) is 8. The maximum Gasteiger partial charge on any atom is 0.407 e. The van der Waals surface area contributed by atoms with Gasteiger partial charge in [-0.3, -0.25) is 4.79 Å². The van der Waals surface area contributed by atoms with Crippen LogP contribution in [-0.2, 0) is 14.2 Å². The highest BCUT2D eigenvalue weighted by Gasteiger charge is 2.49. The molecule has 0 radical (unpaired) electrons. The fourth-order valence-electron chi connectivity index (χ4n) is 7.19. The van der Waals surface area contributed by atoms with Crippen LogP contribution in [0.2, 0.25) is 0 Å². The van der Waals surface area contributed by atoms with Crippen LogP contribution in [0, 0.1) is 29.6 Å². The molecule has 1 fully saturated rings. The predicted molar refractivity (Wildman–Crippen MR) is 207 cm³/mol. The van der Waals surface area contributed by atoms with E-state index in [2.05, 4.69) is 22.5 Å². The fourth-order valence-corrected chi connectivity index (χ4v) is 7.19. The number of ether oxygens (including phenoxy) is 3. The van der Waals surface area contributed by atoms with Crippen molar-refractivity contribution in [3.8, 4) is 34.3 Å². The Hall–Kier alpha value is -5.38. The van der Waals surface area contributed by atoms with Crippen molar-refractivity contribution in [3.63, 3.8) is 0 Å². The number of hydrogen-bond donors (Lipinski definition) is 3. The third-order valence-corrected chi connectivity index (χ3v) is 10.2. The van der Waals surface area contributed by atoms with Gasteiger partial charge in [0.25, 0.3) is 5.91 Å². The van der Waals surface area contributed by atoms with E-state index >= 15 is 0 Å². The zero-order valence-corrected chi connectivity index (χ0v) is 31.4. The fraction of sp³-hybridized carbons (Fsp3) is 0.429. The first-order chi connectivity index (χ1) is 26.1. The second kappa shape index (κ2) is 17.6. The number of fused-ring (bicyclic) bond motifs is 3. The molecule has 4 aliphatic rings. The highest BCUT2D eigenvalue weighted by molar-refractivity contribution is 6.09. The molecule has 0 bridgehead atoms. The summed E-state index contributed by atoms with van der Waals surface area (Å²) in [6.45, 7) is 2.21. The van der Waals surface area contributed by atoms with Crippen molar-refractivity contribution in [2.24, 2.45) is 17.8 Å². The predicted octanol–water partition coefficient (Wildman–Crippen LogP) is 4.93. The first-order valence-electron chi connectivity index (χ1n) is 18.5. The van der Waals surface area contributed by atoms with E-state index in [-0.39, 0.29) is 24.3 Å². The molecule has 3 aliphatic carbocycles. The van der Waals surface area contributed by atoms with Crippen LogP contribution in [-0.4, -0.2) is 97.4 Å². The molecule has 2 aromatic carbocycles. The Labute approximate surface area is 315 Å². The first-order valence-corrected chi connectivity index (χ1v) is 18.5. The highest BCUT2D eigenvalue weighted by Crippen LogP contribution is 2.52. The summed E-state index contributed by atoms with van der Waals surface area (Å²) >= 11 is 0. The summed E-state index contributed by atoms with van der Waals surface area (Å²) in [6.07, 6.45) is 3.63. The number of nitrogens with zero attached hydrogens (tertiary/aromatic N) is 2. The topological polar surface area (TPSA) is 143 Å². The minimum atomic E-state index is -1.15. The number of carbonyl (C=O) groups excluding carboxylic acids is 2. The van der Waals surface area contributed by atoms with Gasteiger partial charge in [0, 0.05) is 79.9 Å². The summed E-state index contributed by atoms with van der Waals surface area (Å²) in [6, 6.07) is 16.4. The van der Waals surface area contributed by atoms with E-state index in [1.807, 2.05) is 74.1 Å². The third-order valence-electron chi connectivity index (χ3n) is 10.2. The van der Waals surface area contributed by atoms with E-state index in [1.165, 1.54) is 6.07 Å². The SMILES string of the molecule is CN(C)c1ccc2c(-c3ccc(C(=O)NCCOCCOCCNC(=O)OCC4[C@H]5CCC#CCC[C@@H]45)cc3C(=O)O)c3ccc(=[N+](C)C)cc-3oc2c1. The van der Waals surface area contributed by atoms with Crippen LogP contribution in [0.25, 0.3) is 33.4 Å². The summed E-state index contributed by atoms with van der Waals surface area (Å²) in [4.78, 5) is 39.8. The summed E-state index contributed by atoms with van der Waals surface area (Å²) in [7, 11) is 7.78. The Morgan fingerprint density at radius 3 is 2.22 bits per heavy atom. The van der Waals surface area contributed by atoms with Crippen molar-refractivity contribution in [2.75, 3.05) is 79.2 Å². The van der Waals surface area contributed by atoms with Crippen LogP contribution >= 0.6 is 0 Å². The lowest BCUT2D eigenvalue weighted by atomic mass is 9.89.